The molecule has 0 bridgehead atoms. The summed E-state index contributed by atoms with van der Waals surface area (Å²) in [5.74, 6) is 0.254. The third-order valence-electron chi connectivity index (χ3n) is 4.53. The van der Waals surface area contributed by atoms with Gasteiger partial charge in [-0.15, -0.1) is 11.8 Å². The average Bonchev–Trinajstić information content (AvgIpc) is 2.70. The van der Waals surface area contributed by atoms with E-state index in [-0.39, 0.29) is 24.1 Å². The fourth-order valence-corrected chi connectivity index (χ4v) is 3.88. The molecule has 30 heavy (non-hydrogen) atoms. The minimum Gasteiger partial charge on any atom is -0.354 e. The molecule has 0 saturated carbocycles. The van der Waals surface area contributed by atoms with Gasteiger partial charge in [-0.05, 0) is 36.6 Å². The summed E-state index contributed by atoms with van der Waals surface area (Å²) in [6.07, 6.45) is 0. The van der Waals surface area contributed by atoms with E-state index in [0.29, 0.717) is 28.8 Å². The summed E-state index contributed by atoms with van der Waals surface area (Å²) in [4.78, 5) is 27.0. The van der Waals surface area contributed by atoms with Gasteiger partial charge in [0, 0.05) is 29.4 Å². The van der Waals surface area contributed by atoms with Crippen molar-refractivity contribution in [3.05, 3.63) is 70.5 Å². The first kappa shape index (κ1) is 24.2. The van der Waals surface area contributed by atoms with Crippen molar-refractivity contribution in [3.63, 3.8) is 0 Å². The van der Waals surface area contributed by atoms with Gasteiger partial charge in [0.15, 0.2) is 0 Å². The predicted molar refractivity (Wildman–Crippen MR) is 122 cm³/mol. The summed E-state index contributed by atoms with van der Waals surface area (Å²) >= 11 is 7.44. The summed E-state index contributed by atoms with van der Waals surface area (Å²) in [5.41, 5.74) is 1.40. The van der Waals surface area contributed by atoms with Crippen LogP contribution in [-0.4, -0.2) is 35.1 Å². The number of carbonyl (C=O) groups is 2. The molecule has 162 valence electrons. The fraction of sp³-hybridized carbons (Fsp3) is 0.391. The van der Waals surface area contributed by atoms with E-state index in [1.54, 1.807) is 31.2 Å². The van der Waals surface area contributed by atoms with Crippen LogP contribution < -0.4 is 5.32 Å². The van der Waals surface area contributed by atoms with Crippen LogP contribution in [0.15, 0.2) is 48.5 Å². The third-order valence-corrected chi connectivity index (χ3v) is 5.76. The first-order valence-electron chi connectivity index (χ1n) is 9.90. The number of halogens is 2. The molecule has 0 saturated heterocycles. The van der Waals surface area contributed by atoms with Crippen LogP contribution in [0.1, 0.15) is 31.9 Å². The number of nitrogens with zero attached hydrogens (tertiary/aromatic N) is 1. The molecular weight excluding hydrogens is 423 g/mol. The van der Waals surface area contributed by atoms with Crippen LogP contribution in [0, 0.1) is 11.7 Å². The Morgan fingerprint density at radius 3 is 2.53 bits per heavy atom. The van der Waals surface area contributed by atoms with Crippen LogP contribution in [0.4, 0.5) is 4.39 Å². The van der Waals surface area contributed by atoms with Gasteiger partial charge in [0.2, 0.25) is 11.8 Å². The van der Waals surface area contributed by atoms with E-state index in [9.17, 15) is 14.0 Å². The van der Waals surface area contributed by atoms with Gasteiger partial charge < -0.3 is 10.2 Å². The molecule has 1 N–H and O–H groups in total. The van der Waals surface area contributed by atoms with Gasteiger partial charge in [-0.2, -0.15) is 0 Å². The molecule has 0 aliphatic carbocycles. The van der Waals surface area contributed by atoms with Crippen LogP contribution in [0.5, 0.6) is 0 Å². The highest BCUT2D eigenvalue weighted by molar-refractivity contribution is 7.99. The fourth-order valence-electron chi connectivity index (χ4n) is 2.81. The molecule has 0 aliphatic heterocycles. The van der Waals surface area contributed by atoms with Crippen molar-refractivity contribution < 1.29 is 14.0 Å². The highest BCUT2D eigenvalue weighted by atomic mass is 35.5. The van der Waals surface area contributed by atoms with Crippen LogP contribution in [0.2, 0.25) is 5.02 Å². The lowest BCUT2D eigenvalue weighted by Crippen LogP contribution is -2.48. The molecule has 0 radical (unpaired) electrons. The van der Waals surface area contributed by atoms with Crippen molar-refractivity contribution >= 4 is 35.2 Å². The summed E-state index contributed by atoms with van der Waals surface area (Å²) in [6, 6.07) is 13.1. The first-order chi connectivity index (χ1) is 14.3. The van der Waals surface area contributed by atoms with Crippen molar-refractivity contribution in [1.29, 1.82) is 0 Å². The minimum absolute atomic E-state index is 0.0412. The Kier molecular flexibility index (Phi) is 9.66. The average molecular weight is 451 g/mol. The van der Waals surface area contributed by atoms with E-state index in [2.05, 4.69) is 5.32 Å². The maximum absolute atomic E-state index is 14.2. The molecule has 1 atom stereocenters. The summed E-state index contributed by atoms with van der Waals surface area (Å²) in [5, 5.41) is 3.51. The van der Waals surface area contributed by atoms with Gasteiger partial charge in [-0.1, -0.05) is 55.8 Å². The van der Waals surface area contributed by atoms with E-state index >= 15 is 0 Å². The molecule has 0 aliphatic rings. The van der Waals surface area contributed by atoms with Gasteiger partial charge in [0.1, 0.15) is 11.9 Å². The second kappa shape index (κ2) is 12.0. The van der Waals surface area contributed by atoms with Crippen molar-refractivity contribution in [1.82, 2.24) is 10.2 Å². The van der Waals surface area contributed by atoms with Crippen molar-refractivity contribution in [2.24, 2.45) is 5.92 Å². The second-order valence-electron chi connectivity index (χ2n) is 7.55. The monoisotopic (exact) mass is 450 g/mol. The van der Waals surface area contributed by atoms with Crippen LogP contribution in [0.3, 0.4) is 0 Å². The van der Waals surface area contributed by atoms with E-state index in [1.165, 1.54) is 22.7 Å². The predicted octanol–water partition coefficient (Wildman–Crippen LogP) is 4.90. The second-order valence-corrected chi connectivity index (χ2v) is 8.97. The Morgan fingerprint density at radius 2 is 1.87 bits per heavy atom. The number of benzene rings is 2. The van der Waals surface area contributed by atoms with Gasteiger partial charge in [-0.25, -0.2) is 4.39 Å². The molecule has 2 rings (SSSR count). The topological polar surface area (TPSA) is 49.4 Å². The molecule has 0 unspecified atom stereocenters. The van der Waals surface area contributed by atoms with Crippen LogP contribution >= 0.6 is 23.4 Å². The van der Waals surface area contributed by atoms with E-state index in [4.69, 9.17) is 11.6 Å². The Bertz CT molecular complexity index is 863. The lowest BCUT2D eigenvalue weighted by atomic mass is 10.1. The number of amides is 2. The molecule has 0 fully saturated rings. The van der Waals surface area contributed by atoms with E-state index in [0.717, 1.165) is 5.56 Å². The lowest BCUT2D eigenvalue weighted by Gasteiger charge is -2.29. The quantitative estimate of drug-likeness (QED) is 0.560. The maximum Gasteiger partial charge on any atom is 0.242 e. The van der Waals surface area contributed by atoms with Gasteiger partial charge in [-0.3, -0.25) is 9.59 Å². The summed E-state index contributed by atoms with van der Waals surface area (Å²) < 4.78 is 14.2. The van der Waals surface area contributed by atoms with Crippen LogP contribution in [-0.2, 0) is 21.9 Å². The van der Waals surface area contributed by atoms with Gasteiger partial charge >= 0.3 is 0 Å². The Labute approximate surface area is 187 Å². The smallest absolute Gasteiger partial charge is 0.242 e. The molecule has 0 spiro atoms. The molecule has 2 aromatic carbocycles. The molecule has 0 aromatic heterocycles. The number of hydrogen-bond acceptors (Lipinski definition) is 3. The Balaban J connectivity index is 2.07. The number of carbonyl (C=O) groups excluding carboxylic acids is 2. The molecule has 7 heteroatoms. The maximum atomic E-state index is 14.2. The van der Waals surface area contributed by atoms with E-state index < -0.39 is 11.9 Å². The van der Waals surface area contributed by atoms with E-state index in [1.807, 2.05) is 32.0 Å². The molecule has 4 nitrogen and oxygen atoms in total. The number of thioether (sulfide) groups is 1. The number of hydrogen-bond donors (Lipinski definition) is 1. The molecule has 2 amide bonds. The highest BCUT2D eigenvalue weighted by Crippen LogP contribution is 2.19. The number of rotatable bonds is 10. The molecule has 0 heterocycles. The lowest BCUT2D eigenvalue weighted by molar-refractivity contribution is -0.138. The zero-order valence-electron chi connectivity index (χ0n) is 17.5. The molecular formula is C23H28ClFN2O2S. The van der Waals surface area contributed by atoms with Crippen molar-refractivity contribution in [2.45, 2.75) is 39.1 Å². The zero-order chi connectivity index (χ0) is 22.1. The van der Waals surface area contributed by atoms with Gasteiger partial charge in [0.05, 0.1) is 5.75 Å². The molecule has 2 aromatic rings. The van der Waals surface area contributed by atoms with Crippen molar-refractivity contribution in [2.75, 3.05) is 12.3 Å². The third kappa shape index (κ3) is 7.65. The SMILES string of the molecule is CC(C)CNC(=O)[C@H](C)N(Cc1ccccc1F)C(=O)CSCc1cccc(Cl)c1. The van der Waals surface area contributed by atoms with Crippen molar-refractivity contribution in [3.8, 4) is 0 Å². The first-order valence-corrected chi connectivity index (χ1v) is 11.4. The highest BCUT2D eigenvalue weighted by Gasteiger charge is 2.26. The Hall–Kier alpha value is -2.05. The van der Waals surface area contributed by atoms with Gasteiger partial charge in [0.25, 0.3) is 0 Å². The summed E-state index contributed by atoms with van der Waals surface area (Å²) in [6.45, 7) is 6.24. The Morgan fingerprint density at radius 1 is 1.13 bits per heavy atom. The number of nitrogens with one attached hydrogen (secondary N) is 1. The standard InChI is InChI=1S/C23H28ClFN2O2S/c1-16(2)12-26-23(29)17(3)27(13-19-8-4-5-10-21(19)25)22(28)15-30-14-18-7-6-9-20(24)11-18/h4-11,16-17H,12-15H2,1-3H3,(H,26,29)/t17-/m0/s1. The normalized spacial score (nSPS) is 11.9. The van der Waals surface area contributed by atoms with Crippen LogP contribution in [0.25, 0.3) is 0 Å². The summed E-state index contributed by atoms with van der Waals surface area (Å²) in [7, 11) is 0. The minimum atomic E-state index is -0.706. The largest absolute Gasteiger partial charge is 0.354 e. The zero-order valence-corrected chi connectivity index (χ0v) is 19.1.